The summed E-state index contributed by atoms with van der Waals surface area (Å²) in [4.78, 5) is 1.18. The molecule has 1 aromatic rings. The van der Waals surface area contributed by atoms with Crippen molar-refractivity contribution in [1.29, 1.82) is 0 Å². The third kappa shape index (κ3) is 3.06. The average Bonchev–Trinajstić information content (AvgIpc) is 2.37. The Hall–Kier alpha value is -0.310. The van der Waals surface area contributed by atoms with Gasteiger partial charge in [0.05, 0.1) is 4.34 Å². The lowest BCUT2D eigenvalue weighted by Crippen LogP contribution is -1.94. The molecule has 0 unspecified atom stereocenters. The maximum absolute atomic E-state index is 5.73. The number of nitrogens with two attached hydrogens (primary N) is 1. The van der Waals surface area contributed by atoms with Crippen LogP contribution in [0, 0.1) is 0 Å². The Labute approximate surface area is 75.5 Å². The highest BCUT2D eigenvalue weighted by atomic mass is 35.5. The molecule has 0 atom stereocenters. The van der Waals surface area contributed by atoms with Crippen LogP contribution in [0.15, 0.2) is 18.2 Å². The summed E-state index contributed by atoms with van der Waals surface area (Å²) in [5.41, 5.74) is 5.32. The zero-order valence-electron chi connectivity index (χ0n) is 6.09. The second kappa shape index (κ2) is 4.54. The van der Waals surface area contributed by atoms with Crippen LogP contribution < -0.4 is 5.73 Å². The van der Waals surface area contributed by atoms with E-state index >= 15 is 0 Å². The molecular weight excluding hydrogens is 178 g/mol. The van der Waals surface area contributed by atoms with Gasteiger partial charge in [-0.1, -0.05) is 17.7 Å². The molecule has 0 aliphatic heterocycles. The van der Waals surface area contributed by atoms with Crippen molar-refractivity contribution >= 4 is 29.0 Å². The molecular formula is C8H10ClNS. The van der Waals surface area contributed by atoms with Crippen molar-refractivity contribution in [3.05, 3.63) is 27.4 Å². The van der Waals surface area contributed by atoms with Crippen molar-refractivity contribution in [3.63, 3.8) is 0 Å². The highest BCUT2D eigenvalue weighted by Gasteiger charge is 1.90. The maximum Gasteiger partial charge on any atom is 0.0934 e. The van der Waals surface area contributed by atoms with Crippen molar-refractivity contribution < 1.29 is 0 Å². The predicted octanol–water partition coefficient (Wildman–Crippen LogP) is 2.76. The maximum atomic E-state index is 5.73. The SMILES string of the molecule is NCC/C=C/c1ccc(Cl)s1. The minimum Gasteiger partial charge on any atom is -0.330 e. The van der Waals surface area contributed by atoms with E-state index in [4.69, 9.17) is 17.3 Å². The van der Waals surface area contributed by atoms with Gasteiger partial charge in [0, 0.05) is 4.88 Å². The fourth-order valence-corrected chi connectivity index (χ4v) is 1.71. The lowest BCUT2D eigenvalue weighted by Gasteiger charge is -1.83. The quantitative estimate of drug-likeness (QED) is 0.774. The number of halogens is 1. The third-order valence-corrected chi connectivity index (χ3v) is 2.41. The first kappa shape index (κ1) is 8.78. The van der Waals surface area contributed by atoms with Gasteiger partial charge >= 0.3 is 0 Å². The van der Waals surface area contributed by atoms with Gasteiger partial charge in [0.2, 0.25) is 0 Å². The summed E-state index contributed by atoms with van der Waals surface area (Å²) in [5, 5.41) is 0. The van der Waals surface area contributed by atoms with Gasteiger partial charge in [-0.15, -0.1) is 11.3 Å². The van der Waals surface area contributed by atoms with E-state index in [9.17, 15) is 0 Å². The molecule has 0 aliphatic carbocycles. The van der Waals surface area contributed by atoms with Crippen LogP contribution in [0.1, 0.15) is 11.3 Å². The Morgan fingerprint density at radius 3 is 2.91 bits per heavy atom. The molecule has 0 spiro atoms. The van der Waals surface area contributed by atoms with Gasteiger partial charge in [-0.25, -0.2) is 0 Å². The molecule has 60 valence electrons. The second-order valence-corrected chi connectivity index (χ2v) is 3.87. The molecule has 0 aromatic carbocycles. The standard InChI is InChI=1S/C8H10ClNS/c9-8-5-4-7(11-8)3-1-2-6-10/h1,3-5H,2,6,10H2/b3-1+. The second-order valence-electron chi connectivity index (χ2n) is 2.12. The summed E-state index contributed by atoms with van der Waals surface area (Å²) < 4.78 is 0.831. The summed E-state index contributed by atoms with van der Waals surface area (Å²) in [6, 6.07) is 3.90. The van der Waals surface area contributed by atoms with Gasteiger partial charge in [-0.3, -0.25) is 0 Å². The van der Waals surface area contributed by atoms with Crippen molar-refractivity contribution in [2.45, 2.75) is 6.42 Å². The average molecular weight is 188 g/mol. The van der Waals surface area contributed by atoms with Gasteiger partial charge < -0.3 is 5.73 Å². The first-order chi connectivity index (χ1) is 5.33. The third-order valence-electron chi connectivity index (χ3n) is 1.21. The summed E-state index contributed by atoms with van der Waals surface area (Å²) in [5.74, 6) is 0. The van der Waals surface area contributed by atoms with Crippen LogP contribution >= 0.6 is 22.9 Å². The Kier molecular flexibility index (Phi) is 3.63. The van der Waals surface area contributed by atoms with Gasteiger partial charge in [0.1, 0.15) is 0 Å². The van der Waals surface area contributed by atoms with E-state index in [0.29, 0.717) is 6.54 Å². The van der Waals surface area contributed by atoms with Crippen LogP contribution in [0.25, 0.3) is 6.08 Å². The van der Waals surface area contributed by atoms with Crippen LogP contribution in [0.4, 0.5) is 0 Å². The van der Waals surface area contributed by atoms with Crippen molar-refractivity contribution in [2.75, 3.05) is 6.54 Å². The lowest BCUT2D eigenvalue weighted by molar-refractivity contribution is 1.01. The minimum absolute atomic E-state index is 0.704. The van der Waals surface area contributed by atoms with Gasteiger partial charge in [-0.2, -0.15) is 0 Å². The molecule has 0 saturated carbocycles. The lowest BCUT2D eigenvalue weighted by atomic mass is 10.3. The molecule has 3 heteroatoms. The highest BCUT2D eigenvalue weighted by molar-refractivity contribution is 7.16. The van der Waals surface area contributed by atoms with Crippen LogP contribution in [0.5, 0.6) is 0 Å². The fourth-order valence-electron chi connectivity index (χ4n) is 0.714. The zero-order valence-corrected chi connectivity index (χ0v) is 7.66. The fraction of sp³-hybridized carbons (Fsp3) is 0.250. The van der Waals surface area contributed by atoms with Gasteiger partial charge in [0.25, 0.3) is 0 Å². The largest absolute Gasteiger partial charge is 0.330 e. The molecule has 0 amide bonds. The van der Waals surface area contributed by atoms with E-state index in [1.807, 2.05) is 18.2 Å². The van der Waals surface area contributed by atoms with Crippen LogP contribution in [0.3, 0.4) is 0 Å². The van der Waals surface area contributed by atoms with E-state index in [1.165, 1.54) is 4.88 Å². The number of hydrogen-bond donors (Lipinski definition) is 1. The summed E-state index contributed by atoms with van der Waals surface area (Å²) in [6.45, 7) is 0.704. The Morgan fingerprint density at radius 1 is 1.55 bits per heavy atom. The smallest absolute Gasteiger partial charge is 0.0934 e. The van der Waals surface area contributed by atoms with Crippen LogP contribution in [-0.2, 0) is 0 Å². The monoisotopic (exact) mass is 187 g/mol. The Bertz CT molecular complexity index is 242. The van der Waals surface area contributed by atoms with Crippen molar-refractivity contribution in [1.82, 2.24) is 0 Å². The molecule has 11 heavy (non-hydrogen) atoms. The molecule has 0 bridgehead atoms. The van der Waals surface area contributed by atoms with Crippen LogP contribution in [0.2, 0.25) is 4.34 Å². The van der Waals surface area contributed by atoms with Crippen LogP contribution in [-0.4, -0.2) is 6.54 Å². The summed E-state index contributed by atoms with van der Waals surface area (Å²) >= 11 is 7.31. The molecule has 0 aliphatic rings. The molecule has 1 rings (SSSR count). The number of hydrogen-bond acceptors (Lipinski definition) is 2. The zero-order chi connectivity index (χ0) is 8.10. The molecule has 2 N–H and O–H groups in total. The normalized spacial score (nSPS) is 11.1. The topological polar surface area (TPSA) is 26.0 Å². The summed E-state index contributed by atoms with van der Waals surface area (Å²) in [7, 11) is 0. The predicted molar refractivity (Wildman–Crippen MR) is 52.0 cm³/mol. The molecule has 0 fully saturated rings. The van der Waals surface area contributed by atoms with Crippen molar-refractivity contribution in [3.8, 4) is 0 Å². The highest BCUT2D eigenvalue weighted by Crippen LogP contribution is 2.22. The van der Waals surface area contributed by atoms with E-state index in [0.717, 1.165) is 10.8 Å². The van der Waals surface area contributed by atoms with E-state index in [1.54, 1.807) is 11.3 Å². The van der Waals surface area contributed by atoms with Gasteiger partial charge in [-0.05, 0) is 31.2 Å². The molecule has 1 aromatic heterocycles. The number of rotatable bonds is 3. The Morgan fingerprint density at radius 2 is 2.36 bits per heavy atom. The molecule has 0 saturated heterocycles. The molecule has 0 radical (unpaired) electrons. The Balaban J connectivity index is 2.50. The first-order valence-electron chi connectivity index (χ1n) is 3.45. The number of thiophene rings is 1. The van der Waals surface area contributed by atoms with E-state index < -0.39 is 0 Å². The molecule has 1 heterocycles. The van der Waals surface area contributed by atoms with E-state index in [2.05, 4.69) is 6.08 Å². The summed E-state index contributed by atoms with van der Waals surface area (Å²) in [6.07, 6.45) is 5.03. The minimum atomic E-state index is 0.704. The van der Waals surface area contributed by atoms with Crippen molar-refractivity contribution in [2.24, 2.45) is 5.73 Å². The molecule has 1 nitrogen and oxygen atoms in total. The van der Waals surface area contributed by atoms with Gasteiger partial charge in [0.15, 0.2) is 0 Å². The first-order valence-corrected chi connectivity index (χ1v) is 4.64. The van der Waals surface area contributed by atoms with E-state index in [-0.39, 0.29) is 0 Å².